The molecule has 1 heterocycles. The number of methoxy groups -OCH3 is 1. The molecule has 1 fully saturated rings. The molecule has 3 aromatic rings. The van der Waals surface area contributed by atoms with Crippen LogP contribution < -0.4 is 9.64 Å². The number of imide groups is 1. The summed E-state index contributed by atoms with van der Waals surface area (Å²) in [5.41, 5.74) is 2.43. The number of anilines is 1. The second-order valence-corrected chi connectivity index (χ2v) is 9.62. The minimum Gasteiger partial charge on any atom is -0.497 e. The van der Waals surface area contributed by atoms with Crippen LogP contribution in [0.2, 0.25) is 0 Å². The molecule has 0 radical (unpaired) electrons. The van der Waals surface area contributed by atoms with Gasteiger partial charge in [0.15, 0.2) is 0 Å². The molecule has 1 saturated heterocycles. The van der Waals surface area contributed by atoms with Gasteiger partial charge in [0.1, 0.15) is 11.0 Å². The highest BCUT2D eigenvalue weighted by Crippen LogP contribution is 2.34. The maximum atomic E-state index is 13.5. The van der Waals surface area contributed by atoms with Crippen LogP contribution in [0.3, 0.4) is 0 Å². The first-order chi connectivity index (χ1) is 15.5. The Hall–Kier alpha value is -2.77. The molecular formula is C25H23BrN2O3S. The lowest BCUT2D eigenvalue weighted by atomic mass is 10.1. The maximum absolute atomic E-state index is 13.5. The molecule has 0 aromatic heterocycles. The van der Waals surface area contributed by atoms with Gasteiger partial charge in [-0.2, -0.15) is 0 Å². The van der Waals surface area contributed by atoms with Crippen LogP contribution in [0, 0.1) is 6.92 Å². The van der Waals surface area contributed by atoms with Gasteiger partial charge in [-0.05, 0) is 54.4 Å². The molecule has 3 aromatic carbocycles. The van der Waals surface area contributed by atoms with Crippen molar-refractivity contribution in [2.45, 2.75) is 23.6 Å². The average Bonchev–Trinajstić information content (AvgIpc) is 2.81. The first kappa shape index (κ1) is 22.4. The summed E-state index contributed by atoms with van der Waals surface area (Å²) in [6, 6.07) is 22.7. The smallest absolute Gasteiger partial charge is 0.331 e. The van der Waals surface area contributed by atoms with Gasteiger partial charge in [-0.3, -0.25) is 4.79 Å². The Morgan fingerprint density at radius 2 is 1.72 bits per heavy atom. The predicted molar refractivity (Wildman–Crippen MR) is 131 cm³/mol. The number of rotatable bonds is 6. The molecule has 0 saturated carbocycles. The number of nitrogens with zero attached hydrogens (tertiary/aromatic N) is 2. The summed E-state index contributed by atoms with van der Waals surface area (Å²) < 4.78 is 6.09. The third-order valence-electron chi connectivity index (χ3n) is 5.38. The number of carbonyl (C=O) groups is 2. The van der Waals surface area contributed by atoms with E-state index in [1.54, 1.807) is 12.0 Å². The summed E-state index contributed by atoms with van der Waals surface area (Å²) in [7, 11) is 1.62. The second-order valence-electron chi connectivity index (χ2n) is 7.49. The molecule has 0 aliphatic carbocycles. The highest BCUT2D eigenvalue weighted by atomic mass is 79.9. The number of benzene rings is 3. The van der Waals surface area contributed by atoms with Crippen LogP contribution in [-0.2, 0) is 11.3 Å². The van der Waals surface area contributed by atoms with Gasteiger partial charge in [-0.25, -0.2) is 9.69 Å². The van der Waals surface area contributed by atoms with E-state index in [4.69, 9.17) is 4.74 Å². The number of carbonyl (C=O) groups excluding carboxylic acids is 2. The van der Waals surface area contributed by atoms with Crippen LogP contribution in [0.15, 0.2) is 82.2 Å². The highest BCUT2D eigenvalue weighted by Gasteiger charge is 2.41. The molecule has 5 nitrogen and oxygen atoms in total. The number of hydrogen-bond donors (Lipinski definition) is 0. The van der Waals surface area contributed by atoms with E-state index in [2.05, 4.69) is 15.9 Å². The molecule has 32 heavy (non-hydrogen) atoms. The quantitative estimate of drug-likeness (QED) is 0.414. The molecule has 4 rings (SSSR count). The van der Waals surface area contributed by atoms with Crippen molar-refractivity contribution in [1.82, 2.24) is 4.90 Å². The van der Waals surface area contributed by atoms with Crippen LogP contribution in [0.5, 0.6) is 5.75 Å². The molecule has 0 bridgehead atoms. The van der Waals surface area contributed by atoms with Crippen LogP contribution in [0.1, 0.15) is 11.1 Å². The summed E-state index contributed by atoms with van der Waals surface area (Å²) in [6.45, 7) is 2.65. The molecule has 3 amide bonds. The van der Waals surface area contributed by atoms with E-state index in [0.29, 0.717) is 18.8 Å². The summed E-state index contributed by atoms with van der Waals surface area (Å²) in [5.74, 6) is 0.564. The molecule has 164 valence electrons. The van der Waals surface area contributed by atoms with E-state index in [1.807, 2.05) is 79.7 Å². The number of halogens is 1. The fourth-order valence-corrected chi connectivity index (χ4v) is 5.09. The molecule has 1 aliphatic rings. The maximum Gasteiger partial charge on any atom is 0.331 e. The first-order valence-corrected chi connectivity index (χ1v) is 11.9. The van der Waals surface area contributed by atoms with Crippen LogP contribution in [0.25, 0.3) is 0 Å². The van der Waals surface area contributed by atoms with Crippen LogP contribution >= 0.6 is 27.7 Å². The van der Waals surface area contributed by atoms with Crippen molar-refractivity contribution in [2.75, 3.05) is 18.6 Å². The minimum atomic E-state index is -0.410. The Bertz CT molecular complexity index is 1120. The van der Waals surface area contributed by atoms with Crippen molar-refractivity contribution < 1.29 is 14.3 Å². The Morgan fingerprint density at radius 1 is 1.00 bits per heavy atom. The molecule has 1 unspecified atom stereocenters. The summed E-state index contributed by atoms with van der Waals surface area (Å²) in [5, 5.41) is -0.410. The Labute approximate surface area is 200 Å². The third kappa shape index (κ3) is 4.69. The SMILES string of the molecule is COc1ccc(CN2CC(Sc3ccccc3)C(=O)N(c3cccc(Br)c3C)C2=O)cc1. The number of amides is 3. The fourth-order valence-electron chi connectivity index (χ4n) is 3.63. The fraction of sp³-hybridized carbons (Fsp3) is 0.200. The van der Waals surface area contributed by atoms with Gasteiger partial charge in [0, 0.05) is 22.5 Å². The van der Waals surface area contributed by atoms with E-state index in [-0.39, 0.29) is 11.9 Å². The van der Waals surface area contributed by atoms with Crippen molar-refractivity contribution in [2.24, 2.45) is 0 Å². The second kappa shape index (κ2) is 9.79. The topological polar surface area (TPSA) is 49.9 Å². The monoisotopic (exact) mass is 510 g/mol. The molecule has 1 atom stereocenters. The van der Waals surface area contributed by atoms with Crippen molar-refractivity contribution >= 4 is 45.3 Å². The molecule has 1 aliphatic heterocycles. The van der Waals surface area contributed by atoms with Crippen molar-refractivity contribution in [1.29, 1.82) is 0 Å². The normalized spacial score (nSPS) is 16.4. The van der Waals surface area contributed by atoms with Crippen molar-refractivity contribution in [3.63, 3.8) is 0 Å². The average molecular weight is 511 g/mol. The first-order valence-electron chi connectivity index (χ1n) is 10.2. The van der Waals surface area contributed by atoms with Gasteiger partial charge in [0.25, 0.3) is 5.91 Å². The Balaban J connectivity index is 1.68. The molecule has 7 heteroatoms. The zero-order chi connectivity index (χ0) is 22.7. The van der Waals surface area contributed by atoms with Gasteiger partial charge in [0.05, 0.1) is 12.8 Å². The van der Waals surface area contributed by atoms with Crippen LogP contribution in [-0.4, -0.2) is 35.7 Å². The van der Waals surface area contributed by atoms with Crippen LogP contribution in [0.4, 0.5) is 10.5 Å². The van der Waals surface area contributed by atoms with Gasteiger partial charge in [-0.1, -0.05) is 52.3 Å². The third-order valence-corrected chi connectivity index (χ3v) is 7.42. The lowest BCUT2D eigenvalue weighted by Gasteiger charge is -2.39. The van der Waals surface area contributed by atoms with E-state index in [0.717, 1.165) is 26.2 Å². The standard InChI is InChI=1S/C25H23BrN2O3S/c1-17-21(26)9-6-10-22(17)28-24(29)23(32-20-7-4-3-5-8-20)16-27(25(28)30)15-18-11-13-19(31-2)14-12-18/h3-14,23H,15-16H2,1-2H3. The van der Waals surface area contributed by atoms with E-state index in [9.17, 15) is 9.59 Å². The summed E-state index contributed by atoms with van der Waals surface area (Å²) in [4.78, 5) is 31.1. The summed E-state index contributed by atoms with van der Waals surface area (Å²) >= 11 is 5.01. The van der Waals surface area contributed by atoms with Gasteiger partial charge in [-0.15, -0.1) is 11.8 Å². The number of thioether (sulfide) groups is 1. The van der Waals surface area contributed by atoms with Gasteiger partial charge in [0.2, 0.25) is 0 Å². The molecule has 0 spiro atoms. The summed E-state index contributed by atoms with van der Waals surface area (Å²) in [6.07, 6.45) is 0. The van der Waals surface area contributed by atoms with E-state index >= 15 is 0 Å². The molecular weight excluding hydrogens is 488 g/mol. The highest BCUT2D eigenvalue weighted by molar-refractivity contribution is 9.10. The lowest BCUT2D eigenvalue weighted by molar-refractivity contribution is -0.118. The van der Waals surface area contributed by atoms with Crippen molar-refractivity contribution in [3.05, 3.63) is 88.4 Å². The largest absolute Gasteiger partial charge is 0.497 e. The lowest BCUT2D eigenvalue weighted by Crippen LogP contribution is -2.58. The number of ether oxygens (including phenoxy) is 1. The Kier molecular flexibility index (Phi) is 6.86. The van der Waals surface area contributed by atoms with Gasteiger partial charge < -0.3 is 9.64 Å². The number of urea groups is 1. The van der Waals surface area contributed by atoms with E-state index < -0.39 is 5.25 Å². The van der Waals surface area contributed by atoms with E-state index in [1.165, 1.54) is 16.7 Å². The zero-order valence-electron chi connectivity index (χ0n) is 17.8. The van der Waals surface area contributed by atoms with Crippen molar-refractivity contribution in [3.8, 4) is 5.75 Å². The Morgan fingerprint density at radius 3 is 2.41 bits per heavy atom. The minimum absolute atomic E-state index is 0.198. The predicted octanol–water partition coefficient (Wildman–Crippen LogP) is 5.90. The zero-order valence-corrected chi connectivity index (χ0v) is 20.2. The molecule has 0 N–H and O–H groups in total. The number of hydrogen-bond acceptors (Lipinski definition) is 4. The van der Waals surface area contributed by atoms with Gasteiger partial charge >= 0.3 is 6.03 Å².